The van der Waals surface area contributed by atoms with Crippen molar-refractivity contribution in [1.82, 2.24) is 5.32 Å². The Hall–Kier alpha value is -1.50. The summed E-state index contributed by atoms with van der Waals surface area (Å²) in [5.41, 5.74) is 0.432. The van der Waals surface area contributed by atoms with Gasteiger partial charge in [0.2, 0.25) is 0 Å². The molecule has 0 aliphatic heterocycles. The average Bonchev–Trinajstić information content (AvgIpc) is 2.67. The highest BCUT2D eigenvalue weighted by atomic mass is 79.9. The second-order valence-electron chi connectivity index (χ2n) is 3.59. The van der Waals surface area contributed by atoms with Gasteiger partial charge in [0.1, 0.15) is 12.1 Å². The molecule has 1 amide bonds. The number of hydrogen-bond donors (Lipinski definition) is 1. The highest BCUT2D eigenvalue weighted by Crippen LogP contribution is 2.23. The normalized spacial score (nSPS) is 11.8. The quantitative estimate of drug-likeness (QED) is 0.920. The van der Waals surface area contributed by atoms with Crippen molar-refractivity contribution in [1.29, 1.82) is 0 Å². The number of rotatable bonds is 2. The Bertz CT molecular complexity index is 591. The topological polar surface area (TPSA) is 42.2 Å². The Morgan fingerprint density at radius 1 is 1.33 bits per heavy atom. The zero-order valence-electron chi connectivity index (χ0n) is 8.84. The van der Waals surface area contributed by atoms with Crippen LogP contribution in [0.25, 0.3) is 11.0 Å². The van der Waals surface area contributed by atoms with Gasteiger partial charge in [-0.05, 0) is 24.3 Å². The van der Waals surface area contributed by atoms with Gasteiger partial charge in [-0.1, -0.05) is 15.9 Å². The van der Waals surface area contributed by atoms with Crippen LogP contribution in [0.2, 0.25) is 0 Å². The van der Waals surface area contributed by atoms with Gasteiger partial charge in [0.05, 0.1) is 0 Å². The van der Waals surface area contributed by atoms with E-state index >= 15 is 0 Å². The van der Waals surface area contributed by atoms with Crippen molar-refractivity contribution in [3.8, 4) is 0 Å². The van der Waals surface area contributed by atoms with Crippen LogP contribution in [0.3, 0.4) is 0 Å². The van der Waals surface area contributed by atoms with Gasteiger partial charge < -0.3 is 9.73 Å². The van der Waals surface area contributed by atoms with Crippen molar-refractivity contribution < 1.29 is 22.4 Å². The van der Waals surface area contributed by atoms with Crippen molar-refractivity contribution in [3.05, 3.63) is 34.5 Å². The zero-order chi connectivity index (χ0) is 13.3. The molecule has 0 saturated carbocycles. The molecule has 1 aromatic heterocycles. The molecule has 0 atom stereocenters. The number of halogens is 4. The predicted molar refractivity (Wildman–Crippen MR) is 62.3 cm³/mol. The van der Waals surface area contributed by atoms with E-state index < -0.39 is 18.6 Å². The van der Waals surface area contributed by atoms with E-state index in [0.29, 0.717) is 11.0 Å². The fourth-order valence-corrected chi connectivity index (χ4v) is 1.72. The molecule has 18 heavy (non-hydrogen) atoms. The third-order valence-electron chi connectivity index (χ3n) is 2.16. The van der Waals surface area contributed by atoms with E-state index in [4.69, 9.17) is 4.42 Å². The fourth-order valence-electron chi connectivity index (χ4n) is 1.38. The molecular weight excluding hydrogens is 315 g/mol. The molecule has 0 radical (unpaired) electrons. The minimum absolute atomic E-state index is 0.146. The highest BCUT2D eigenvalue weighted by molar-refractivity contribution is 9.10. The number of nitrogens with one attached hydrogen (secondary N) is 1. The van der Waals surface area contributed by atoms with Crippen LogP contribution in [0, 0.1) is 0 Å². The predicted octanol–water partition coefficient (Wildman–Crippen LogP) is 3.49. The Morgan fingerprint density at radius 2 is 2.06 bits per heavy atom. The summed E-state index contributed by atoms with van der Waals surface area (Å²) in [5, 5.41) is 2.39. The standard InChI is InChI=1S/C11H7BrF3NO2/c12-7-2-1-6-3-9(18-8(6)4-7)10(17)16-5-11(13,14)15/h1-4H,5H2,(H,16,17). The zero-order valence-corrected chi connectivity index (χ0v) is 10.4. The van der Waals surface area contributed by atoms with Crippen LogP contribution in [0.15, 0.2) is 33.2 Å². The number of amides is 1. The highest BCUT2D eigenvalue weighted by Gasteiger charge is 2.28. The molecule has 0 aliphatic carbocycles. The third-order valence-corrected chi connectivity index (χ3v) is 2.65. The van der Waals surface area contributed by atoms with E-state index in [0.717, 1.165) is 4.47 Å². The molecular formula is C11H7BrF3NO2. The van der Waals surface area contributed by atoms with Crippen LogP contribution >= 0.6 is 15.9 Å². The number of furan rings is 1. The van der Waals surface area contributed by atoms with E-state index in [-0.39, 0.29) is 5.76 Å². The van der Waals surface area contributed by atoms with Gasteiger partial charge >= 0.3 is 6.18 Å². The Labute approximate surface area is 108 Å². The van der Waals surface area contributed by atoms with Crippen LogP contribution in [0.5, 0.6) is 0 Å². The lowest BCUT2D eigenvalue weighted by Gasteiger charge is -2.06. The summed E-state index contributed by atoms with van der Waals surface area (Å²) in [6.45, 7) is -1.38. The summed E-state index contributed by atoms with van der Waals surface area (Å²) < 4.78 is 41.7. The second-order valence-corrected chi connectivity index (χ2v) is 4.51. The summed E-state index contributed by atoms with van der Waals surface area (Å²) in [6, 6.07) is 6.47. The maximum absolute atomic E-state index is 11.9. The van der Waals surface area contributed by atoms with Gasteiger partial charge in [0.15, 0.2) is 5.76 Å². The van der Waals surface area contributed by atoms with E-state index in [1.54, 1.807) is 23.5 Å². The van der Waals surface area contributed by atoms with Crippen LogP contribution in [0.1, 0.15) is 10.6 Å². The van der Waals surface area contributed by atoms with Crippen molar-refractivity contribution in [3.63, 3.8) is 0 Å². The molecule has 2 aromatic rings. The summed E-state index contributed by atoms with van der Waals surface area (Å²) in [6.07, 6.45) is -4.44. The van der Waals surface area contributed by atoms with Gasteiger partial charge in [-0.15, -0.1) is 0 Å². The first kappa shape index (κ1) is 12.9. The smallest absolute Gasteiger partial charge is 0.405 e. The summed E-state index contributed by atoms with van der Waals surface area (Å²) >= 11 is 3.23. The average molecular weight is 322 g/mol. The summed E-state index contributed by atoms with van der Waals surface area (Å²) in [7, 11) is 0. The number of carbonyl (C=O) groups excluding carboxylic acids is 1. The van der Waals surface area contributed by atoms with Crippen LogP contribution in [-0.4, -0.2) is 18.6 Å². The Kier molecular flexibility index (Phi) is 3.34. The lowest BCUT2D eigenvalue weighted by molar-refractivity contribution is -0.123. The minimum atomic E-state index is -4.44. The number of alkyl halides is 3. The van der Waals surface area contributed by atoms with E-state index in [1.165, 1.54) is 6.07 Å². The lowest BCUT2D eigenvalue weighted by atomic mass is 10.2. The van der Waals surface area contributed by atoms with Crippen molar-refractivity contribution >= 4 is 32.8 Å². The first-order chi connectivity index (χ1) is 8.35. The maximum atomic E-state index is 11.9. The lowest BCUT2D eigenvalue weighted by Crippen LogP contribution is -2.33. The Balaban J connectivity index is 2.18. The Morgan fingerprint density at radius 3 is 2.72 bits per heavy atom. The largest absolute Gasteiger partial charge is 0.451 e. The minimum Gasteiger partial charge on any atom is -0.451 e. The van der Waals surface area contributed by atoms with Gasteiger partial charge in [-0.2, -0.15) is 13.2 Å². The van der Waals surface area contributed by atoms with E-state index in [1.807, 2.05) is 0 Å². The van der Waals surface area contributed by atoms with Gasteiger partial charge in [0.25, 0.3) is 5.91 Å². The SMILES string of the molecule is O=C(NCC(F)(F)F)c1cc2ccc(Br)cc2o1. The molecule has 0 fully saturated rings. The number of carbonyl (C=O) groups is 1. The molecule has 1 aromatic carbocycles. The molecule has 1 N–H and O–H groups in total. The van der Waals surface area contributed by atoms with Gasteiger partial charge in [-0.3, -0.25) is 4.79 Å². The third kappa shape index (κ3) is 3.04. The molecule has 0 bridgehead atoms. The number of benzene rings is 1. The van der Waals surface area contributed by atoms with Crippen LogP contribution in [-0.2, 0) is 0 Å². The molecule has 96 valence electrons. The van der Waals surface area contributed by atoms with Crippen molar-refractivity contribution in [2.75, 3.05) is 6.54 Å². The number of hydrogen-bond acceptors (Lipinski definition) is 2. The molecule has 0 spiro atoms. The van der Waals surface area contributed by atoms with E-state index in [9.17, 15) is 18.0 Å². The monoisotopic (exact) mass is 321 g/mol. The molecule has 7 heteroatoms. The van der Waals surface area contributed by atoms with Gasteiger partial charge in [0, 0.05) is 9.86 Å². The first-order valence-electron chi connectivity index (χ1n) is 4.89. The van der Waals surface area contributed by atoms with E-state index in [2.05, 4.69) is 15.9 Å². The maximum Gasteiger partial charge on any atom is 0.405 e. The van der Waals surface area contributed by atoms with Crippen molar-refractivity contribution in [2.24, 2.45) is 0 Å². The van der Waals surface area contributed by atoms with Crippen molar-refractivity contribution in [2.45, 2.75) is 6.18 Å². The molecule has 1 heterocycles. The fraction of sp³-hybridized carbons (Fsp3) is 0.182. The summed E-state index contributed by atoms with van der Waals surface area (Å²) in [4.78, 5) is 11.4. The molecule has 0 unspecified atom stereocenters. The first-order valence-corrected chi connectivity index (χ1v) is 5.68. The molecule has 2 rings (SSSR count). The van der Waals surface area contributed by atoms with Gasteiger partial charge in [-0.25, -0.2) is 0 Å². The molecule has 3 nitrogen and oxygen atoms in total. The molecule has 0 saturated heterocycles. The van der Waals surface area contributed by atoms with Crippen LogP contribution < -0.4 is 5.32 Å². The second kappa shape index (κ2) is 4.64. The van der Waals surface area contributed by atoms with Crippen LogP contribution in [0.4, 0.5) is 13.2 Å². The summed E-state index contributed by atoms with van der Waals surface area (Å²) in [5.74, 6) is -1.04. The number of fused-ring (bicyclic) bond motifs is 1. The molecule has 0 aliphatic rings.